The number of piperidine rings is 1. The Kier molecular flexibility index (Phi) is 7.41. The van der Waals surface area contributed by atoms with E-state index in [1.165, 1.54) is 4.90 Å². The second-order valence-electron chi connectivity index (χ2n) is 10.8. The lowest BCUT2D eigenvalue weighted by Gasteiger charge is -2.33. The minimum absolute atomic E-state index is 0.0564. The fourth-order valence-corrected chi connectivity index (χ4v) is 5.86. The number of halogens is 3. The first kappa shape index (κ1) is 27.4. The summed E-state index contributed by atoms with van der Waals surface area (Å²) in [5, 5.41) is 16.8. The van der Waals surface area contributed by atoms with Crippen LogP contribution in [0.5, 0.6) is 0 Å². The zero-order chi connectivity index (χ0) is 27.8. The molecule has 3 aliphatic rings. The molecule has 204 valence electrons. The molecule has 4 amide bonds. The molecular formula is C26H30F3N5O4. The van der Waals surface area contributed by atoms with E-state index in [0.29, 0.717) is 18.5 Å². The van der Waals surface area contributed by atoms with Gasteiger partial charge >= 0.3 is 12.1 Å². The summed E-state index contributed by atoms with van der Waals surface area (Å²) in [6.07, 6.45) is -4.72. The van der Waals surface area contributed by atoms with E-state index in [1.807, 2.05) is 25.2 Å². The number of benzene rings is 1. The minimum Gasteiger partial charge on any atom is -0.356 e. The van der Waals surface area contributed by atoms with E-state index in [0.717, 1.165) is 0 Å². The van der Waals surface area contributed by atoms with Gasteiger partial charge in [-0.25, -0.2) is 0 Å². The maximum absolute atomic E-state index is 13.6. The van der Waals surface area contributed by atoms with Gasteiger partial charge in [-0.05, 0) is 35.7 Å². The largest absolute Gasteiger partial charge is 0.471 e. The predicted molar refractivity (Wildman–Crippen MR) is 128 cm³/mol. The summed E-state index contributed by atoms with van der Waals surface area (Å²) in [4.78, 5) is 52.0. The number of nitrogens with one attached hydrogen (secondary N) is 3. The van der Waals surface area contributed by atoms with Gasteiger partial charge in [0.2, 0.25) is 17.7 Å². The monoisotopic (exact) mass is 533 g/mol. The van der Waals surface area contributed by atoms with Crippen molar-refractivity contribution >= 4 is 23.6 Å². The topological polar surface area (TPSA) is 131 Å². The molecule has 3 N–H and O–H groups in total. The van der Waals surface area contributed by atoms with E-state index >= 15 is 0 Å². The van der Waals surface area contributed by atoms with Gasteiger partial charge in [-0.1, -0.05) is 44.2 Å². The van der Waals surface area contributed by atoms with Crippen molar-refractivity contribution in [2.24, 2.45) is 23.2 Å². The highest BCUT2D eigenvalue weighted by Crippen LogP contribution is 2.64. The van der Waals surface area contributed by atoms with Crippen molar-refractivity contribution in [3.63, 3.8) is 0 Å². The third kappa shape index (κ3) is 5.47. The molecule has 12 heteroatoms. The van der Waals surface area contributed by atoms with Gasteiger partial charge in [0.1, 0.15) is 18.1 Å². The molecule has 1 aromatic carbocycles. The molecule has 0 spiro atoms. The predicted octanol–water partition coefficient (Wildman–Crippen LogP) is 1.29. The number of nitrogens with zero attached hydrogens (tertiary/aromatic N) is 2. The van der Waals surface area contributed by atoms with Crippen LogP contribution < -0.4 is 16.0 Å². The number of nitriles is 1. The van der Waals surface area contributed by atoms with Gasteiger partial charge in [0.25, 0.3) is 0 Å². The molecule has 3 fully saturated rings. The fourth-order valence-electron chi connectivity index (χ4n) is 5.86. The van der Waals surface area contributed by atoms with Crippen LogP contribution in [0.1, 0.15) is 32.3 Å². The van der Waals surface area contributed by atoms with Crippen molar-refractivity contribution in [1.29, 1.82) is 5.26 Å². The first-order valence-corrected chi connectivity index (χ1v) is 12.5. The van der Waals surface area contributed by atoms with Crippen LogP contribution in [0, 0.1) is 34.5 Å². The number of likely N-dealkylation sites (tertiary alicyclic amines) is 1. The smallest absolute Gasteiger partial charge is 0.356 e. The van der Waals surface area contributed by atoms with Crippen LogP contribution in [0.15, 0.2) is 30.3 Å². The van der Waals surface area contributed by atoms with E-state index < -0.39 is 47.9 Å². The van der Waals surface area contributed by atoms with Crippen LogP contribution in [0.4, 0.5) is 13.2 Å². The molecule has 0 unspecified atom stereocenters. The van der Waals surface area contributed by atoms with E-state index in [1.54, 1.807) is 30.3 Å². The van der Waals surface area contributed by atoms with Gasteiger partial charge in [-0.15, -0.1) is 0 Å². The Morgan fingerprint density at radius 2 is 1.89 bits per heavy atom. The third-order valence-electron chi connectivity index (χ3n) is 8.06. The Balaban J connectivity index is 1.54. The summed E-state index contributed by atoms with van der Waals surface area (Å²) in [6, 6.07) is 6.77. The number of carbonyl (C=O) groups excluding carboxylic acids is 4. The zero-order valence-electron chi connectivity index (χ0n) is 21.0. The number of hydrogen-bond acceptors (Lipinski definition) is 5. The molecule has 38 heavy (non-hydrogen) atoms. The molecule has 0 radical (unpaired) electrons. The fraction of sp³-hybridized carbons (Fsp3) is 0.577. The molecule has 0 bridgehead atoms. The summed E-state index contributed by atoms with van der Waals surface area (Å²) in [7, 11) is 0. The first-order chi connectivity index (χ1) is 17.8. The van der Waals surface area contributed by atoms with Gasteiger partial charge in [0.15, 0.2) is 0 Å². The zero-order valence-corrected chi connectivity index (χ0v) is 21.0. The van der Waals surface area contributed by atoms with Crippen molar-refractivity contribution < 1.29 is 32.3 Å². The quantitative estimate of drug-likeness (QED) is 0.464. The van der Waals surface area contributed by atoms with Crippen LogP contribution in [0.2, 0.25) is 0 Å². The van der Waals surface area contributed by atoms with Crippen LogP contribution in [-0.2, 0) is 25.6 Å². The molecule has 4 rings (SSSR count). The van der Waals surface area contributed by atoms with E-state index in [9.17, 15) is 37.6 Å². The SMILES string of the molecule is CC1(C)[C@@H]2[C@@H](C(=O)N[C@H](C#N)C[C@@H]3CCNC3=O)N(C(=O)[C@H](Cc3ccccc3)NC(=O)C(F)(F)F)C[C@@H]21. The summed E-state index contributed by atoms with van der Waals surface area (Å²) in [5.74, 6) is -4.55. The molecule has 1 saturated carbocycles. The maximum atomic E-state index is 13.6. The Morgan fingerprint density at radius 1 is 1.21 bits per heavy atom. The standard InChI is InChI=1S/C26H30F3N5O4/c1-25(2)17-13-34(20(19(17)25)22(36)32-16(12-30)11-15-8-9-31-21(15)35)23(37)18(33-24(38)26(27,28)29)10-14-6-4-3-5-7-14/h3-7,15-20H,8-11,13H2,1-2H3,(H,31,35)(H,32,36)(H,33,38)/t15-,16-,17-,18-,19-,20-/m0/s1. The highest BCUT2D eigenvalue weighted by atomic mass is 19.4. The molecule has 9 nitrogen and oxygen atoms in total. The first-order valence-electron chi connectivity index (χ1n) is 12.5. The molecule has 0 aromatic heterocycles. The number of alkyl halides is 3. The van der Waals surface area contributed by atoms with E-state index in [-0.39, 0.29) is 42.5 Å². The lowest BCUT2D eigenvalue weighted by atomic mass is 9.96. The second-order valence-corrected chi connectivity index (χ2v) is 10.8. The minimum atomic E-state index is -5.19. The van der Waals surface area contributed by atoms with Gasteiger partial charge in [0.05, 0.1) is 6.07 Å². The van der Waals surface area contributed by atoms with Gasteiger partial charge in [-0.3, -0.25) is 19.2 Å². The number of carbonyl (C=O) groups is 4. The van der Waals surface area contributed by atoms with Crippen LogP contribution in [0.3, 0.4) is 0 Å². The van der Waals surface area contributed by atoms with Crippen molar-refractivity contribution in [2.75, 3.05) is 13.1 Å². The third-order valence-corrected chi connectivity index (χ3v) is 8.06. The normalized spacial score (nSPS) is 26.9. The van der Waals surface area contributed by atoms with Crippen LogP contribution in [-0.4, -0.2) is 65.9 Å². The molecule has 2 heterocycles. The number of rotatable bonds is 8. The highest BCUT2D eigenvalue weighted by molar-refractivity contribution is 5.94. The number of fused-ring (bicyclic) bond motifs is 1. The molecule has 1 aromatic rings. The lowest BCUT2D eigenvalue weighted by Crippen LogP contribution is -2.58. The van der Waals surface area contributed by atoms with E-state index in [4.69, 9.17) is 0 Å². The van der Waals surface area contributed by atoms with Crippen molar-refractivity contribution in [2.45, 2.75) is 57.4 Å². The Morgan fingerprint density at radius 3 is 2.47 bits per heavy atom. The molecule has 2 aliphatic heterocycles. The van der Waals surface area contributed by atoms with Crippen molar-refractivity contribution in [1.82, 2.24) is 20.9 Å². The summed E-state index contributed by atoms with van der Waals surface area (Å²) < 4.78 is 39.2. The molecular weight excluding hydrogens is 503 g/mol. The van der Waals surface area contributed by atoms with Gasteiger partial charge in [-0.2, -0.15) is 18.4 Å². The average molecular weight is 534 g/mol. The second kappa shape index (κ2) is 10.3. The summed E-state index contributed by atoms with van der Waals surface area (Å²) in [6.45, 7) is 4.53. The van der Waals surface area contributed by atoms with Crippen LogP contribution >= 0.6 is 0 Å². The maximum Gasteiger partial charge on any atom is 0.471 e. The summed E-state index contributed by atoms with van der Waals surface area (Å²) in [5.41, 5.74) is 0.259. The molecule has 6 atom stereocenters. The molecule has 1 aliphatic carbocycles. The molecule has 2 saturated heterocycles. The highest BCUT2D eigenvalue weighted by Gasteiger charge is 2.69. The Labute approximate surface area is 218 Å². The van der Waals surface area contributed by atoms with Gasteiger partial charge in [0, 0.05) is 25.4 Å². The Hall–Kier alpha value is -3.62. The van der Waals surface area contributed by atoms with Crippen molar-refractivity contribution in [3.8, 4) is 6.07 Å². The average Bonchev–Trinajstić information content (AvgIpc) is 3.21. The Bertz CT molecular complexity index is 1150. The van der Waals surface area contributed by atoms with Gasteiger partial charge < -0.3 is 20.9 Å². The number of hydrogen-bond donors (Lipinski definition) is 3. The van der Waals surface area contributed by atoms with E-state index in [2.05, 4.69) is 10.6 Å². The van der Waals surface area contributed by atoms with Crippen LogP contribution in [0.25, 0.3) is 0 Å². The van der Waals surface area contributed by atoms with Crippen molar-refractivity contribution in [3.05, 3.63) is 35.9 Å². The number of amides is 4. The summed E-state index contributed by atoms with van der Waals surface area (Å²) >= 11 is 0. The lowest BCUT2D eigenvalue weighted by molar-refractivity contribution is -0.175.